The zero-order chi connectivity index (χ0) is 23.5. The van der Waals surface area contributed by atoms with E-state index in [1.165, 1.54) is 5.69 Å². The summed E-state index contributed by atoms with van der Waals surface area (Å²) in [5, 5.41) is 5.21. The van der Waals surface area contributed by atoms with E-state index >= 15 is 0 Å². The van der Waals surface area contributed by atoms with Crippen LogP contribution in [-0.4, -0.2) is 46.5 Å². The van der Waals surface area contributed by atoms with Gasteiger partial charge >= 0.3 is 0 Å². The summed E-state index contributed by atoms with van der Waals surface area (Å²) < 4.78 is 7.42. The average molecular weight is 454 g/mol. The molecule has 2 aromatic carbocycles. The summed E-state index contributed by atoms with van der Waals surface area (Å²) in [5.74, 6) is 1.18. The minimum absolute atomic E-state index is 0.494. The van der Waals surface area contributed by atoms with Gasteiger partial charge in [0.2, 0.25) is 0 Å². The summed E-state index contributed by atoms with van der Waals surface area (Å²) >= 11 is 0. The molecule has 2 aromatic heterocycles. The second kappa shape index (κ2) is 9.36. The number of ether oxygens (including phenoxy) is 1. The molecular weight excluding hydrogens is 426 g/mol. The number of nitrogens with zero attached hydrogens (tertiary/aromatic N) is 5. The number of amidine groups is 1. The third-order valence-corrected chi connectivity index (χ3v) is 5.73. The number of aromatic nitrogens is 3. The molecule has 0 atom stereocenters. The molecule has 3 heterocycles. The standard InChI is InChI=1S/C26H27N7O/c1-18-3-4-20(15-21(18)16-29-19(2)27)24-17-33-10-9-28-26(33)25(31-24)30-22-5-7-23(8-6-22)32-11-13-34-14-12-32/h3-10,15-17H,1,11-14H2,2H3,(H2,27,29)(H,30,31)/b21-16-. The second-order valence-electron chi connectivity index (χ2n) is 8.22. The van der Waals surface area contributed by atoms with E-state index in [1.807, 2.05) is 35.0 Å². The van der Waals surface area contributed by atoms with Crippen LogP contribution >= 0.6 is 0 Å². The lowest BCUT2D eigenvalue weighted by atomic mass is 10.1. The Morgan fingerprint density at radius 3 is 2.74 bits per heavy atom. The summed E-state index contributed by atoms with van der Waals surface area (Å²) in [6, 6.07) is 14.3. The molecule has 0 unspecified atom stereocenters. The van der Waals surface area contributed by atoms with Crippen LogP contribution in [0, 0.1) is 0 Å². The van der Waals surface area contributed by atoms with Crippen LogP contribution in [0.3, 0.4) is 0 Å². The van der Waals surface area contributed by atoms with Gasteiger partial charge in [-0.2, -0.15) is 0 Å². The van der Waals surface area contributed by atoms with Crippen LogP contribution in [-0.2, 0) is 4.74 Å². The van der Waals surface area contributed by atoms with E-state index in [0.717, 1.165) is 59.3 Å². The molecule has 3 N–H and O–H groups in total. The molecule has 1 saturated heterocycles. The van der Waals surface area contributed by atoms with Gasteiger partial charge in [-0.1, -0.05) is 18.7 Å². The number of rotatable bonds is 5. The number of benzene rings is 2. The van der Waals surface area contributed by atoms with Crippen molar-refractivity contribution >= 4 is 41.5 Å². The van der Waals surface area contributed by atoms with Gasteiger partial charge < -0.3 is 25.1 Å². The van der Waals surface area contributed by atoms with E-state index in [1.54, 1.807) is 19.3 Å². The smallest absolute Gasteiger partial charge is 0.180 e. The molecule has 34 heavy (non-hydrogen) atoms. The number of fused-ring (bicyclic) bond motifs is 1. The largest absolute Gasteiger partial charge is 0.387 e. The normalized spacial score (nSPS) is 15.1. The van der Waals surface area contributed by atoms with Crippen LogP contribution < -0.4 is 26.4 Å². The van der Waals surface area contributed by atoms with Gasteiger partial charge in [0.1, 0.15) is 0 Å². The third-order valence-electron chi connectivity index (χ3n) is 5.73. The van der Waals surface area contributed by atoms with Crippen molar-refractivity contribution in [1.29, 1.82) is 0 Å². The molecule has 8 heteroatoms. The lowest BCUT2D eigenvalue weighted by molar-refractivity contribution is 0.122. The quantitative estimate of drug-likeness (QED) is 0.356. The van der Waals surface area contributed by atoms with E-state index in [0.29, 0.717) is 11.7 Å². The van der Waals surface area contributed by atoms with Crippen molar-refractivity contribution in [3.05, 3.63) is 71.5 Å². The molecule has 4 aromatic rings. The van der Waals surface area contributed by atoms with Gasteiger partial charge in [-0.3, -0.25) is 0 Å². The topological polar surface area (TPSA) is 93.1 Å². The van der Waals surface area contributed by atoms with Crippen molar-refractivity contribution in [2.24, 2.45) is 10.7 Å². The van der Waals surface area contributed by atoms with E-state index < -0.39 is 0 Å². The highest BCUT2D eigenvalue weighted by Crippen LogP contribution is 2.25. The highest BCUT2D eigenvalue weighted by Gasteiger charge is 2.12. The molecule has 1 aliphatic heterocycles. The Hall–Kier alpha value is -4.17. The maximum Gasteiger partial charge on any atom is 0.180 e. The van der Waals surface area contributed by atoms with Crippen molar-refractivity contribution in [3.8, 4) is 11.3 Å². The van der Waals surface area contributed by atoms with Gasteiger partial charge in [0.15, 0.2) is 11.5 Å². The molecule has 1 fully saturated rings. The number of morpholine rings is 1. The average Bonchev–Trinajstić information content (AvgIpc) is 3.34. The Bertz CT molecular complexity index is 1450. The molecule has 0 aliphatic carbocycles. The van der Waals surface area contributed by atoms with Gasteiger partial charge in [-0.15, -0.1) is 0 Å². The van der Waals surface area contributed by atoms with Crippen molar-refractivity contribution in [2.75, 3.05) is 36.5 Å². The zero-order valence-corrected chi connectivity index (χ0v) is 19.1. The molecule has 172 valence electrons. The fourth-order valence-electron chi connectivity index (χ4n) is 3.91. The van der Waals surface area contributed by atoms with Gasteiger partial charge in [-0.05, 0) is 42.5 Å². The molecule has 0 radical (unpaired) electrons. The van der Waals surface area contributed by atoms with E-state index in [2.05, 4.69) is 51.0 Å². The summed E-state index contributed by atoms with van der Waals surface area (Å²) in [5.41, 5.74) is 10.3. The fraction of sp³-hybridized carbons (Fsp3) is 0.192. The van der Waals surface area contributed by atoms with Crippen molar-refractivity contribution in [1.82, 2.24) is 14.4 Å². The fourth-order valence-corrected chi connectivity index (χ4v) is 3.91. The van der Waals surface area contributed by atoms with Crippen LogP contribution in [0.2, 0.25) is 0 Å². The predicted octanol–water partition coefficient (Wildman–Crippen LogP) is 2.50. The minimum atomic E-state index is 0.494. The van der Waals surface area contributed by atoms with Gasteiger partial charge in [0, 0.05) is 60.0 Å². The van der Waals surface area contributed by atoms with E-state index in [-0.39, 0.29) is 0 Å². The highest BCUT2D eigenvalue weighted by atomic mass is 16.5. The van der Waals surface area contributed by atoms with Crippen LogP contribution in [0.15, 0.2) is 66.0 Å². The Morgan fingerprint density at radius 2 is 1.97 bits per heavy atom. The first-order valence-electron chi connectivity index (χ1n) is 11.2. The van der Waals surface area contributed by atoms with Gasteiger partial charge in [-0.25, -0.2) is 15.0 Å². The number of imidazole rings is 1. The minimum Gasteiger partial charge on any atom is -0.387 e. The van der Waals surface area contributed by atoms with Crippen molar-refractivity contribution < 1.29 is 4.74 Å². The number of hydrogen-bond acceptors (Lipinski definition) is 6. The molecule has 0 bridgehead atoms. The first-order chi connectivity index (χ1) is 16.6. The monoisotopic (exact) mass is 453 g/mol. The van der Waals surface area contributed by atoms with Crippen molar-refractivity contribution in [3.63, 3.8) is 0 Å². The first kappa shape index (κ1) is 21.7. The number of hydrogen-bond donors (Lipinski definition) is 2. The highest BCUT2D eigenvalue weighted by molar-refractivity contribution is 5.80. The predicted molar refractivity (Wildman–Crippen MR) is 138 cm³/mol. The summed E-state index contributed by atoms with van der Waals surface area (Å²) in [4.78, 5) is 15.9. The number of aliphatic imine (C=N–C) groups is 1. The Balaban J connectivity index is 1.48. The number of nitrogens with two attached hydrogens (primary N) is 1. The van der Waals surface area contributed by atoms with E-state index in [9.17, 15) is 0 Å². The second-order valence-corrected chi connectivity index (χ2v) is 8.22. The Labute approximate surface area is 197 Å². The summed E-state index contributed by atoms with van der Waals surface area (Å²) in [6.45, 7) is 9.19. The molecule has 1 aliphatic rings. The SMILES string of the molecule is C=c1ccc(-c2cn3ccnc3c(Nc3ccc(N4CCOCC4)cc3)n2)c/c1=C/N=C(C)N. The molecule has 0 spiro atoms. The number of nitrogens with one attached hydrogen (secondary N) is 1. The summed E-state index contributed by atoms with van der Waals surface area (Å²) in [6.07, 6.45) is 7.38. The molecular formula is C26H27N7O. The third kappa shape index (κ3) is 4.62. The maximum atomic E-state index is 5.69. The van der Waals surface area contributed by atoms with Crippen molar-refractivity contribution in [2.45, 2.75) is 6.92 Å². The molecule has 0 saturated carbocycles. The van der Waals surface area contributed by atoms with Gasteiger partial charge in [0.25, 0.3) is 0 Å². The molecule has 5 rings (SSSR count). The summed E-state index contributed by atoms with van der Waals surface area (Å²) in [7, 11) is 0. The van der Waals surface area contributed by atoms with Crippen LogP contribution in [0.25, 0.3) is 29.7 Å². The molecule has 0 amide bonds. The Kier molecular flexibility index (Phi) is 5.97. The van der Waals surface area contributed by atoms with E-state index in [4.69, 9.17) is 15.5 Å². The van der Waals surface area contributed by atoms with Crippen LogP contribution in [0.4, 0.5) is 17.2 Å². The number of anilines is 3. The first-order valence-corrected chi connectivity index (χ1v) is 11.2. The maximum absolute atomic E-state index is 5.69. The zero-order valence-electron chi connectivity index (χ0n) is 19.1. The van der Waals surface area contributed by atoms with Crippen LogP contribution in [0.5, 0.6) is 0 Å². The van der Waals surface area contributed by atoms with Crippen LogP contribution in [0.1, 0.15) is 6.92 Å². The molecule has 8 nitrogen and oxygen atoms in total. The lowest BCUT2D eigenvalue weighted by Crippen LogP contribution is -2.36. The lowest BCUT2D eigenvalue weighted by Gasteiger charge is -2.28. The Morgan fingerprint density at radius 1 is 1.18 bits per heavy atom. The van der Waals surface area contributed by atoms with Gasteiger partial charge in [0.05, 0.1) is 24.7 Å².